The fourth-order valence-electron chi connectivity index (χ4n) is 2.48. The Kier molecular flexibility index (Phi) is 4.40. The van der Waals surface area contributed by atoms with E-state index in [4.69, 9.17) is 0 Å². The number of rotatable bonds is 4. The molecule has 0 bridgehead atoms. The zero-order valence-corrected chi connectivity index (χ0v) is 13.6. The Balaban J connectivity index is 1.60. The smallest absolute Gasteiger partial charge is 0.319 e. The van der Waals surface area contributed by atoms with E-state index in [2.05, 4.69) is 33.9 Å². The van der Waals surface area contributed by atoms with Crippen molar-refractivity contribution in [3.63, 3.8) is 0 Å². The van der Waals surface area contributed by atoms with Crippen molar-refractivity contribution in [2.24, 2.45) is 0 Å². The van der Waals surface area contributed by atoms with Gasteiger partial charge in [0, 0.05) is 29.9 Å². The van der Waals surface area contributed by atoms with E-state index < -0.39 is 0 Å². The lowest BCUT2D eigenvalue weighted by atomic mass is 10.1. The number of hydrogen-bond acceptors (Lipinski definition) is 4. The summed E-state index contributed by atoms with van der Waals surface area (Å²) in [5.74, 6) is 0. The van der Waals surface area contributed by atoms with Crippen molar-refractivity contribution in [3.8, 4) is 0 Å². The van der Waals surface area contributed by atoms with Crippen LogP contribution in [0.25, 0.3) is 0 Å². The van der Waals surface area contributed by atoms with Gasteiger partial charge in [-0.3, -0.25) is 0 Å². The van der Waals surface area contributed by atoms with Crippen molar-refractivity contribution in [2.45, 2.75) is 39.4 Å². The molecule has 1 aliphatic rings. The number of carbonyl (C=O) groups is 1. The van der Waals surface area contributed by atoms with Crippen LogP contribution in [0.1, 0.15) is 40.9 Å². The quantitative estimate of drug-likeness (QED) is 0.811. The summed E-state index contributed by atoms with van der Waals surface area (Å²) in [5, 5.41) is 10.1. The zero-order chi connectivity index (χ0) is 15.5. The third-order valence-electron chi connectivity index (χ3n) is 3.73. The molecule has 3 N–H and O–H groups in total. The van der Waals surface area contributed by atoms with Gasteiger partial charge in [-0.2, -0.15) is 0 Å². The first-order valence-corrected chi connectivity index (χ1v) is 8.32. The number of aryl methyl sites for hydroxylation is 1. The van der Waals surface area contributed by atoms with Crippen molar-refractivity contribution >= 4 is 23.1 Å². The summed E-state index contributed by atoms with van der Waals surface area (Å²) in [6.07, 6.45) is 2.85. The van der Waals surface area contributed by atoms with E-state index in [1.165, 1.54) is 16.0 Å². The van der Waals surface area contributed by atoms with E-state index in [0.29, 0.717) is 0 Å². The number of nitrogens with zero attached hydrogens (tertiary/aromatic N) is 1. The lowest BCUT2D eigenvalue weighted by Gasteiger charge is -2.13. The average Bonchev–Trinajstić information content (AvgIpc) is 3.15. The lowest BCUT2D eigenvalue weighted by molar-refractivity contribution is 0.249. The third-order valence-corrected chi connectivity index (χ3v) is 5.06. The normalized spacial score (nSPS) is 14.5. The molecule has 1 atom stereocenters. The highest BCUT2D eigenvalue weighted by molar-refractivity contribution is 7.11. The summed E-state index contributed by atoms with van der Waals surface area (Å²) in [6.45, 7) is 5.82. The molecule has 0 spiro atoms. The van der Waals surface area contributed by atoms with E-state index in [-0.39, 0.29) is 12.1 Å². The van der Waals surface area contributed by atoms with Crippen LogP contribution in [0, 0.1) is 0 Å². The molecule has 0 saturated carbocycles. The molecule has 22 heavy (non-hydrogen) atoms. The van der Waals surface area contributed by atoms with E-state index >= 15 is 0 Å². The number of benzene rings is 1. The van der Waals surface area contributed by atoms with Gasteiger partial charge in [0.15, 0.2) is 0 Å². The molecule has 116 valence electrons. The van der Waals surface area contributed by atoms with Crippen LogP contribution in [-0.4, -0.2) is 11.0 Å². The molecular weight excluding hydrogens is 296 g/mol. The van der Waals surface area contributed by atoms with E-state index in [1.807, 2.05) is 25.3 Å². The molecule has 1 unspecified atom stereocenters. The molecule has 2 heterocycles. The van der Waals surface area contributed by atoms with Gasteiger partial charge in [0.05, 0.1) is 6.04 Å². The van der Waals surface area contributed by atoms with Crippen molar-refractivity contribution < 1.29 is 4.79 Å². The SMILES string of the molecule is CCc1cnc(C(C)NC(=O)Nc2ccc3c(c2)CNC3)s1. The molecule has 1 aromatic carbocycles. The van der Waals surface area contributed by atoms with Crippen molar-refractivity contribution in [1.29, 1.82) is 0 Å². The first-order chi connectivity index (χ1) is 10.7. The third kappa shape index (κ3) is 3.28. The number of amides is 2. The number of hydrogen-bond donors (Lipinski definition) is 3. The maximum atomic E-state index is 12.1. The molecule has 2 amide bonds. The highest BCUT2D eigenvalue weighted by atomic mass is 32.1. The minimum atomic E-state index is -0.202. The summed E-state index contributed by atoms with van der Waals surface area (Å²) >= 11 is 1.64. The average molecular weight is 316 g/mol. The molecule has 0 aliphatic carbocycles. The molecule has 2 aromatic rings. The highest BCUT2D eigenvalue weighted by Gasteiger charge is 2.14. The molecule has 0 fully saturated rings. The van der Waals surface area contributed by atoms with Crippen LogP contribution in [0.4, 0.5) is 10.5 Å². The Labute approximate surface area is 134 Å². The van der Waals surface area contributed by atoms with Crippen molar-refractivity contribution in [2.75, 3.05) is 5.32 Å². The Bertz CT molecular complexity index is 683. The molecule has 1 aliphatic heterocycles. The topological polar surface area (TPSA) is 66.0 Å². The molecule has 0 radical (unpaired) electrons. The predicted octanol–water partition coefficient (Wildman–Crippen LogP) is 3.19. The van der Waals surface area contributed by atoms with Gasteiger partial charge in [-0.05, 0) is 36.6 Å². The maximum absolute atomic E-state index is 12.1. The second-order valence-electron chi connectivity index (χ2n) is 5.43. The van der Waals surface area contributed by atoms with Gasteiger partial charge in [0.2, 0.25) is 0 Å². The van der Waals surface area contributed by atoms with Crippen LogP contribution in [0.5, 0.6) is 0 Å². The molecule has 6 heteroatoms. The fraction of sp³-hybridized carbons (Fsp3) is 0.375. The molecule has 3 rings (SSSR count). The number of anilines is 1. The minimum Gasteiger partial charge on any atom is -0.329 e. The molecule has 1 aromatic heterocycles. The summed E-state index contributed by atoms with van der Waals surface area (Å²) in [4.78, 5) is 17.7. The Morgan fingerprint density at radius 3 is 3.00 bits per heavy atom. The molecule has 0 saturated heterocycles. The zero-order valence-electron chi connectivity index (χ0n) is 12.8. The minimum absolute atomic E-state index is 0.0959. The summed E-state index contributed by atoms with van der Waals surface area (Å²) < 4.78 is 0. The van der Waals surface area contributed by atoms with Crippen LogP contribution >= 0.6 is 11.3 Å². The van der Waals surface area contributed by atoms with Gasteiger partial charge in [-0.15, -0.1) is 11.3 Å². The number of nitrogens with one attached hydrogen (secondary N) is 3. The number of fused-ring (bicyclic) bond motifs is 1. The van der Waals surface area contributed by atoms with Crippen LogP contribution in [-0.2, 0) is 19.5 Å². The molecular formula is C16H20N4OS. The van der Waals surface area contributed by atoms with Crippen LogP contribution in [0.2, 0.25) is 0 Å². The van der Waals surface area contributed by atoms with E-state index in [1.54, 1.807) is 11.3 Å². The summed E-state index contributed by atoms with van der Waals surface area (Å²) in [5.41, 5.74) is 3.37. The Morgan fingerprint density at radius 2 is 2.23 bits per heavy atom. The standard InChI is InChI=1S/C16H20N4OS/c1-3-14-9-18-15(22-14)10(2)19-16(21)20-13-5-4-11-7-17-8-12(11)6-13/h4-6,9-10,17H,3,7-8H2,1-2H3,(H2,19,20,21). The monoisotopic (exact) mass is 316 g/mol. The highest BCUT2D eigenvalue weighted by Crippen LogP contribution is 2.22. The van der Waals surface area contributed by atoms with Gasteiger partial charge >= 0.3 is 6.03 Å². The number of carbonyl (C=O) groups excluding carboxylic acids is 1. The first kappa shape index (κ1) is 15.0. The fourth-order valence-corrected chi connectivity index (χ4v) is 3.34. The summed E-state index contributed by atoms with van der Waals surface area (Å²) in [6, 6.07) is 5.73. The van der Waals surface area contributed by atoms with Gasteiger partial charge in [-0.1, -0.05) is 13.0 Å². The lowest BCUT2D eigenvalue weighted by Crippen LogP contribution is -2.31. The number of aromatic nitrogens is 1. The van der Waals surface area contributed by atoms with E-state index in [9.17, 15) is 4.79 Å². The molecule has 5 nitrogen and oxygen atoms in total. The Morgan fingerprint density at radius 1 is 1.41 bits per heavy atom. The van der Waals surface area contributed by atoms with Gasteiger partial charge in [0.25, 0.3) is 0 Å². The first-order valence-electron chi connectivity index (χ1n) is 7.50. The number of urea groups is 1. The predicted molar refractivity (Wildman–Crippen MR) is 89.0 cm³/mol. The van der Waals surface area contributed by atoms with Crippen molar-refractivity contribution in [1.82, 2.24) is 15.6 Å². The van der Waals surface area contributed by atoms with Crippen LogP contribution < -0.4 is 16.0 Å². The van der Waals surface area contributed by atoms with Gasteiger partial charge in [-0.25, -0.2) is 9.78 Å². The maximum Gasteiger partial charge on any atom is 0.319 e. The number of thiazole rings is 1. The van der Waals surface area contributed by atoms with Gasteiger partial charge in [0.1, 0.15) is 5.01 Å². The Hall–Kier alpha value is -1.92. The van der Waals surface area contributed by atoms with E-state index in [0.717, 1.165) is 30.2 Å². The summed E-state index contributed by atoms with van der Waals surface area (Å²) in [7, 11) is 0. The second kappa shape index (κ2) is 6.46. The van der Waals surface area contributed by atoms with Crippen molar-refractivity contribution in [3.05, 3.63) is 45.4 Å². The van der Waals surface area contributed by atoms with Gasteiger partial charge < -0.3 is 16.0 Å². The largest absolute Gasteiger partial charge is 0.329 e. The van der Waals surface area contributed by atoms with Crippen LogP contribution in [0.15, 0.2) is 24.4 Å². The second-order valence-corrected chi connectivity index (χ2v) is 6.57. The van der Waals surface area contributed by atoms with Crippen LogP contribution in [0.3, 0.4) is 0 Å².